The lowest BCUT2D eigenvalue weighted by atomic mass is 10.1. The van der Waals surface area contributed by atoms with Crippen LogP contribution in [0.25, 0.3) is 6.08 Å². The Morgan fingerprint density at radius 1 is 1.28 bits per heavy atom. The van der Waals surface area contributed by atoms with Gasteiger partial charge in [0.25, 0.3) is 5.91 Å². The second kappa shape index (κ2) is 5.49. The maximum atomic E-state index is 11.9. The van der Waals surface area contributed by atoms with E-state index in [1.54, 1.807) is 24.3 Å². The number of carbonyl (C=O) groups is 2. The Morgan fingerprint density at radius 2 is 1.94 bits per heavy atom. The smallest absolute Gasteiger partial charge is 0.328 e. The van der Waals surface area contributed by atoms with Crippen LogP contribution in [0.5, 0.6) is 0 Å². The minimum Gasteiger partial charge on any atom is -0.478 e. The van der Waals surface area contributed by atoms with Crippen molar-refractivity contribution in [2.75, 3.05) is 0 Å². The van der Waals surface area contributed by atoms with Crippen molar-refractivity contribution in [3.8, 4) is 0 Å². The molecule has 1 amide bonds. The molecule has 0 aromatic heterocycles. The van der Waals surface area contributed by atoms with Crippen molar-refractivity contribution in [2.45, 2.75) is 26.3 Å². The lowest BCUT2D eigenvalue weighted by molar-refractivity contribution is -0.131. The van der Waals surface area contributed by atoms with Gasteiger partial charge in [-0.2, -0.15) is 0 Å². The summed E-state index contributed by atoms with van der Waals surface area (Å²) in [7, 11) is 0. The highest BCUT2D eigenvalue weighted by molar-refractivity contribution is 5.95. The van der Waals surface area contributed by atoms with Gasteiger partial charge in [-0.1, -0.05) is 12.1 Å². The first-order chi connectivity index (χ1) is 8.28. The molecule has 0 heterocycles. The Labute approximate surface area is 106 Å². The Balaban J connectivity index is 2.88. The fraction of sp³-hybridized carbons (Fsp3) is 0.286. The summed E-state index contributed by atoms with van der Waals surface area (Å²) in [6.45, 7) is 5.71. The molecular formula is C14H17NO3. The van der Waals surface area contributed by atoms with E-state index >= 15 is 0 Å². The van der Waals surface area contributed by atoms with Crippen LogP contribution in [0.1, 0.15) is 36.7 Å². The molecule has 4 nitrogen and oxygen atoms in total. The van der Waals surface area contributed by atoms with Gasteiger partial charge in [0.2, 0.25) is 0 Å². The Morgan fingerprint density at radius 3 is 2.50 bits per heavy atom. The number of benzene rings is 1. The summed E-state index contributed by atoms with van der Waals surface area (Å²) in [6.07, 6.45) is 2.50. The standard InChI is InChI=1S/C14H17NO3/c1-14(2,3)15-13(18)11-6-4-5-10(9-11)7-8-12(16)17/h4-9H,1-3H3,(H,15,18)(H,16,17)/b8-7+. The largest absolute Gasteiger partial charge is 0.478 e. The van der Waals surface area contributed by atoms with Gasteiger partial charge in [-0.3, -0.25) is 4.79 Å². The van der Waals surface area contributed by atoms with E-state index in [4.69, 9.17) is 5.11 Å². The number of hydrogen-bond acceptors (Lipinski definition) is 2. The third kappa shape index (κ3) is 4.82. The molecule has 1 aromatic carbocycles. The molecular weight excluding hydrogens is 230 g/mol. The summed E-state index contributed by atoms with van der Waals surface area (Å²) in [6, 6.07) is 6.81. The number of rotatable bonds is 3. The van der Waals surface area contributed by atoms with Crippen LogP contribution in [0.4, 0.5) is 0 Å². The van der Waals surface area contributed by atoms with Gasteiger partial charge < -0.3 is 10.4 Å². The summed E-state index contributed by atoms with van der Waals surface area (Å²) in [4.78, 5) is 22.3. The predicted molar refractivity (Wildman–Crippen MR) is 70.3 cm³/mol. The molecule has 0 bridgehead atoms. The van der Waals surface area contributed by atoms with Crippen LogP contribution < -0.4 is 5.32 Å². The molecule has 0 spiro atoms. The molecule has 18 heavy (non-hydrogen) atoms. The third-order valence-electron chi connectivity index (χ3n) is 2.06. The number of carbonyl (C=O) groups excluding carboxylic acids is 1. The van der Waals surface area contributed by atoms with Gasteiger partial charge in [0.05, 0.1) is 0 Å². The number of hydrogen-bond donors (Lipinski definition) is 2. The van der Waals surface area contributed by atoms with Crippen molar-refractivity contribution in [1.82, 2.24) is 5.32 Å². The molecule has 0 unspecified atom stereocenters. The van der Waals surface area contributed by atoms with Crippen molar-refractivity contribution in [3.05, 3.63) is 41.5 Å². The Bertz CT molecular complexity index is 484. The van der Waals surface area contributed by atoms with Gasteiger partial charge in [0.1, 0.15) is 0 Å². The summed E-state index contributed by atoms with van der Waals surface area (Å²) in [5.74, 6) is -1.19. The Hall–Kier alpha value is -2.10. The first-order valence-corrected chi connectivity index (χ1v) is 5.61. The van der Waals surface area contributed by atoms with Crippen LogP contribution in [0.3, 0.4) is 0 Å². The second-order valence-electron chi connectivity index (χ2n) is 5.00. The average Bonchev–Trinajstić information content (AvgIpc) is 2.24. The minimum atomic E-state index is -1.01. The molecule has 0 aliphatic rings. The van der Waals surface area contributed by atoms with E-state index in [0.29, 0.717) is 11.1 Å². The number of aliphatic carboxylic acids is 1. The molecule has 1 rings (SSSR count). The zero-order valence-corrected chi connectivity index (χ0v) is 10.7. The van der Waals surface area contributed by atoms with Crippen molar-refractivity contribution < 1.29 is 14.7 Å². The summed E-state index contributed by atoms with van der Waals surface area (Å²) in [5, 5.41) is 11.4. The number of amides is 1. The van der Waals surface area contributed by atoms with Gasteiger partial charge >= 0.3 is 5.97 Å². The van der Waals surface area contributed by atoms with E-state index in [-0.39, 0.29) is 11.4 Å². The monoisotopic (exact) mass is 247 g/mol. The molecule has 0 fully saturated rings. The van der Waals surface area contributed by atoms with E-state index in [0.717, 1.165) is 6.08 Å². The van der Waals surface area contributed by atoms with Gasteiger partial charge in [-0.15, -0.1) is 0 Å². The molecule has 0 atom stereocenters. The fourth-order valence-electron chi connectivity index (χ4n) is 1.36. The van der Waals surface area contributed by atoms with E-state index in [1.165, 1.54) is 6.08 Å². The molecule has 0 saturated carbocycles. The second-order valence-corrected chi connectivity index (χ2v) is 5.00. The molecule has 0 aliphatic carbocycles. The van der Waals surface area contributed by atoms with Crippen LogP contribution in [-0.2, 0) is 4.79 Å². The number of carboxylic acid groups (broad SMARTS) is 1. The van der Waals surface area contributed by atoms with E-state index < -0.39 is 5.97 Å². The quantitative estimate of drug-likeness (QED) is 0.805. The molecule has 0 radical (unpaired) electrons. The summed E-state index contributed by atoms with van der Waals surface area (Å²) >= 11 is 0. The molecule has 0 aliphatic heterocycles. The van der Waals surface area contributed by atoms with Crippen molar-refractivity contribution in [2.24, 2.45) is 0 Å². The SMILES string of the molecule is CC(C)(C)NC(=O)c1cccc(/C=C/C(=O)O)c1. The highest BCUT2D eigenvalue weighted by Gasteiger charge is 2.14. The highest BCUT2D eigenvalue weighted by Crippen LogP contribution is 2.09. The zero-order valence-electron chi connectivity index (χ0n) is 10.7. The lowest BCUT2D eigenvalue weighted by Crippen LogP contribution is -2.40. The third-order valence-corrected chi connectivity index (χ3v) is 2.06. The van der Waals surface area contributed by atoms with Gasteiger partial charge in [-0.05, 0) is 44.5 Å². The minimum absolute atomic E-state index is 0.173. The Kier molecular flexibility index (Phi) is 4.26. The highest BCUT2D eigenvalue weighted by atomic mass is 16.4. The zero-order chi connectivity index (χ0) is 13.8. The van der Waals surface area contributed by atoms with Crippen LogP contribution >= 0.6 is 0 Å². The van der Waals surface area contributed by atoms with E-state index in [1.807, 2.05) is 20.8 Å². The van der Waals surface area contributed by atoms with Crippen molar-refractivity contribution >= 4 is 18.0 Å². The lowest BCUT2D eigenvalue weighted by Gasteiger charge is -2.20. The van der Waals surface area contributed by atoms with Gasteiger partial charge in [-0.25, -0.2) is 4.79 Å². The maximum absolute atomic E-state index is 11.9. The van der Waals surface area contributed by atoms with E-state index in [2.05, 4.69) is 5.32 Å². The summed E-state index contributed by atoms with van der Waals surface area (Å²) < 4.78 is 0. The van der Waals surface area contributed by atoms with Crippen LogP contribution in [0.2, 0.25) is 0 Å². The first kappa shape index (κ1) is 14.0. The van der Waals surface area contributed by atoms with Crippen molar-refractivity contribution in [3.63, 3.8) is 0 Å². The number of carboxylic acids is 1. The molecule has 1 aromatic rings. The first-order valence-electron chi connectivity index (χ1n) is 5.61. The van der Waals surface area contributed by atoms with Crippen LogP contribution in [-0.4, -0.2) is 22.5 Å². The summed E-state index contributed by atoms with van der Waals surface area (Å²) in [5.41, 5.74) is 0.890. The van der Waals surface area contributed by atoms with Crippen LogP contribution in [0, 0.1) is 0 Å². The van der Waals surface area contributed by atoms with Gasteiger partial charge in [0, 0.05) is 17.2 Å². The fourth-order valence-corrected chi connectivity index (χ4v) is 1.36. The predicted octanol–water partition coefficient (Wildman–Crippen LogP) is 2.31. The van der Waals surface area contributed by atoms with Crippen molar-refractivity contribution in [1.29, 1.82) is 0 Å². The van der Waals surface area contributed by atoms with Crippen LogP contribution in [0.15, 0.2) is 30.3 Å². The normalized spacial score (nSPS) is 11.5. The topological polar surface area (TPSA) is 66.4 Å². The molecule has 96 valence electrons. The van der Waals surface area contributed by atoms with Gasteiger partial charge in [0.15, 0.2) is 0 Å². The molecule has 4 heteroatoms. The molecule has 0 saturated heterocycles. The molecule has 2 N–H and O–H groups in total. The maximum Gasteiger partial charge on any atom is 0.328 e. The average molecular weight is 247 g/mol. The van der Waals surface area contributed by atoms with E-state index in [9.17, 15) is 9.59 Å². The number of nitrogens with one attached hydrogen (secondary N) is 1.